The van der Waals surface area contributed by atoms with Crippen molar-refractivity contribution in [3.8, 4) is 5.69 Å². The second kappa shape index (κ2) is 11.2. The Bertz CT molecular complexity index is 1630. The largest absolute Gasteiger partial charge is 0.310 e. The molecule has 0 saturated carbocycles. The second-order valence-corrected chi connectivity index (χ2v) is 12.7. The molecule has 2 aromatic heterocycles. The summed E-state index contributed by atoms with van der Waals surface area (Å²) in [6, 6.07) is 15.6. The van der Waals surface area contributed by atoms with Gasteiger partial charge in [-0.05, 0) is 79.3 Å². The van der Waals surface area contributed by atoms with E-state index in [1.807, 2.05) is 34.9 Å². The van der Waals surface area contributed by atoms with Gasteiger partial charge in [-0.2, -0.15) is 0 Å². The lowest BCUT2D eigenvalue weighted by atomic mass is 9.88. The van der Waals surface area contributed by atoms with E-state index in [1.54, 1.807) is 17.0 Å². The monoisotopic (exact) mass is 573 g/mol. The Morgan fingerprint density at radius 3 is 2.61 bits per heavy atom. The van der Waals surface area contributed by atoms with Gasteiger partial charge < -0.3 is 10.2 Å². The van der Waals surface area contributed by atoms with Gasteiger partial charge in [-0.3, -0.25) is 19.5 Å². The van der Waals surface area contributed by atoms with Gasteiger partial charge in [-0.15, -0.1) is 11.3 Å². The summed E-state index contributed by atoms with van der Waals surface area (Å²) >= 11 is 1.13. The molecule has 1 unspecified atom stereocenters. The van der Waals surface area contributed by atoms with Crippen molar-refractivity contribution in [1.29, 1.82) is 0 Å². The maximum atomic E-state index is 13.8. The molecule has 1 aliphatic rings. The fourth-order valence-electron chi connectivity index (χ4n) is 4.86. The molecule has 9 heteroatoms. The van der Waals surface area contributed by atoms with Crippen LogP contribution in [0.2, 0.25) is 0 Å². The molecule has 214 valence electrons. The molecule has 2 aromatic carbocycles. The third-order valence-electron chi connectivity index (χ3n) is 7.76. The summed E-state index contributed by atoms with van der Waals surface area (Å²) < 4.78 is 15.7. The summed E-state index contributed by atoms with van der Waals surface area (Å²) in [4.78, 5) is 33.2. The van der Waals surface area contributed by atoms with Gasteiger partial charge in [0, 0.05) is 29.7 Å². The summed E-state index contributed by atoms with van der Waals surface area (Å²) in [5, 5.41) is 6.55. The molecule has 2 amide bonds. The maximum Gasteiger partial charge on any atom is 0.268 e. The Balaban J connectivity index is 1.55. The van der Waals surface area contributed by atoms with Gasteiger partial charge in [0.2, 0.25) is 11.9 Å². The predicted molar refractivity (Wildman–Crippen MR) is 165 cm³/mol. The summed E-state index contributed by atoms with van der Waals surface area (Å²) in [7, 11) is 0. The molecule has 1 aliphatic heterocycles. The van der Waals surface area contributed by atoms with Crippen LogP contribution in [-0.2, 0) is 17.8 Å². The molecule has 0 saturated heterocycles. The van der Waals surface area contributed by atoms with E-state index in [0.717, 1.165) is 51.3 Å². The molecule has 2 atom stereocenters. The van der Waals surface area contributed by atoms with E-state index in [4.69, 9.17) is 4.98 Å². The average molecular weight is 574 g/mol. The number of amides is 2. The van der Waals surface area contributed by atoms with Crippen molar-refractivity contribution < 1.29 is 14.0 Å². The van der Waals surface area contributed by atoms with E-state index in [9.17, 15) is 14.0 Å². The predicted octanol–water partition coefficient (Wildman–Crippen LogP) is 6.97. The number of carbonyl (C=O) groups is 2. The molecule has 0 spiro atoms. The van der Waals surface area contributed by atoms with E-state index in [0.29, 0.717) is 34.8 Å². The normalized spacial score (nSPS) is 14.6. The molecular weight excluding hydrogens is 537 g/mol. The van der Waals surface area contributed by atoms with Crippen LogP contribution in [0.15, 0.2) is 61.2 Å². The van der Waals surface area contributed by atoms with Crippen LogP contribution >= 0.6 is 11.3 Å². The minimum absolute atomic E-state index is 0.124. The number of hydrogen-bond donors (Lipinski definition) is 2. The number of thiophene rings is 1. The van der Waals surface area contributed by atoms with Crippen LogP contribution in [0, 0.1) is 5.41 Å². The van der Waals surface area contributed by atoms with Crippen molar-refractivity contribution in [2.75, 3.05) is 16.8 Å². The number of fused-ring (bicyclic) bond motifs is 2. The van der Waals surface area contributed by atoms with Gasteiger partial charge in [0.25, 0.3) is 5.91 Å². The molecule has 3 heterocycles. The number of carbonyl (C=O) groups excluding carboxylic acids is 2. The van der Waals surface area contributed by atoms with E-state index in [-0.39, 0.29) is 17.2 Å². The highest BCUT2D eigenvalue weighted by molar-refractivity contribution is 7.14. The first kappa shape index (κ1) is 28.7. The van der Waals surface area contributed by atoms with Crippen molar-refractivity contribution >= 4 is 45.8 Å². The molecule has 0 fully saturated rings. The van der Waals surface area contributed by atoms with Crippen molar-refractivity contribution in [1.82, 2.24) is 14.9 Å². The number of aromatic nitrogens is 2. The highest BCUT2D eigenvalue weighted by atomic mass is 32.1. The smallest absolute Gasteiger partial charge is 0.268 e. The van der Waals surface area contributed by atoms with Crippen molar-refractivity contribution in [3.63, 3.8) is 0 Å². The molecular formula is C32H36FN5O2S. The van der Waals surface area contributed by atoms with Crippen LogP contribution in [0.25, 0.3) is 16.7 Å². The number of rotatable bonds is 8. The van der Waals surface area contributed by atoms with Crippen molar-refractivity contribution in [2.45, 2.75) is 59.8 Å². The second-order valence-electron chi connectivity index (χ2n) is 11.6. The number of nitrogens with one attached hydrogen (secondary N) is 2. The van der Waals surface area contributed by atoms with Gasteiger partial charge in [0.1, 0.15) is 6.17 Å². The van der Waals surface area contributed by atoms with Crippen molar-refractivity contribution in [3.05, 3.63) is 82.1 Å². The highest BCUT2D eigenvalue weighted by Crippen LogP contribution is 2.34. The Morgan fingerprint density at radius 1 is 1.15 bits per heavy atom. The Hall–Kier alpha value is -3.82. The molecule has 0 bridgehead atoms. The summed E-state index contributed by atoms with van der Waals surface area (Å²) in [5.74, 6) is -0.160. The van der Waals surface area contributed by atoms with Crippen LogP contribution in [-0.4, -0.2) is 34.0 Å². The lowest BCUT2D eigenvalue weighted by Gasteiger charge is -2.28. The molecule has 4 aromatic rings. The van der Waals surface area contributed by atoms with E-state index >= 15 is 0 Å². The molecule has 0 aliphatic carbocycles. The van der Waals surface area contributed by atoms with Gasteiger partial charge in [0.15, 0.2) is 0 Å². The zero-order valence-corrected chi connectivity index (χ0v) is 24.9. The average Bonchev–Trinajstić information content (AvgIpc) is 3.67. The number of imidazole rings is 1. The maximum absolute atomic E-state index is 13.8. The van der Waals surface area contributed by atoms with Gasteiger partial charge >= 0.3 is 0 Å². The number of hydrogen-bond acceptors (Lipinski definition) is 5. The minimum atomic E-state index is -1.15. The first-order valence-corrected chi connectivity index (χ1v) is 14.6. The van der Waals surface area contributed by atoms with E-state index in [2.05, 4.69) is 51.0 Å². The zero-order chi connectivity index (χ0) is 29.5. The first-order chi connectivity index (χ1) is 19.5. The SMILES string of the molecule is C=CC(=O)N1CCc2ccc(-n3c(NC(=O)c4ccc(C(C)F)s4)nc4cc(CN[C@@H](C)C(C)(C)C)ccc43)cc21. The third-order valence-corrected chi connectivity index (χ3v) is 9.00. The minimum Gasteiger partial charge on any atom is -0.310 e. The Morgan fingerprint density at radius 2 is 1.93 bits per heavy atom. The fraction of sp³-hybridized carbons (Fsp3) is 0.344. The number of anilines is 2. The van der Waals surface area contributed by atoms with Crippen LogP contribution in [0.3, 0.4) is 0 Å². The van der Waals surface area contributed by atoms with E-state index < -0.39 is 6.17 Å². The lowest BCUT2D eigenvalue weighted by molar-refractivity contribution is -0.114. The molecule has 41 heavy (non-hydrogen) atoms. The summed E-state index contributed by atoms with van der Waals surface area (Å²) in [6.45, 7) is 15.2. The quantitative estimate of drug-likeness (QED) is 0.223. The van der Waals surface area contributed by atoms with E-state index in [1.165, 1.54) is 13.0 Å². The summed E-state index contributed by atoms with van der Waals surface area (Å²) in [5.41, 5.74) is 5.41. The first-order valence-electron chi connectivity index (χ1n) is 13.8. The number of nitrogens with zero attached hydrogens (tertiary/aromatic N) is 3. The number of benzene rings is 2. The van der Waals surface area contributed by atoms with Crippen LogP contribution in [0.4, 0.5) is 16.0 Å². The Labute approximate surface area is 244 Å². The molecule has 2 N–H and O–H groups in total. The van der Waals surface area contributed by atoms with Crippen molar-refractivity contribution in [2.24, 2.45) is 5.41 Å². The summed E-state index contributed by atoms with van der Waals surface area (Å²) in [6.07, 6.45) is 0.941. The third kappa shape index (κ3) is 5.83. The number of halogens is 1. The standard InChI is InChI=1S/C32H36FN5O2S/c1-7-29(39)37-15-14-22-9-10-23(17-26(22)37)38-25-11-8-21(18-34-20(3)32(4,5)6)16-24(25)35-31(38)36-30(40)28-13-12-27(41-28)19(2)33/h7-13,16-17,19-20,34H,1,14-15,18H2,2-6H3,(H,35,36,40)/t19?,20-/m0/s1. The number of alkyl halides is 1. The highest BCUT2D eigenvalue weighted by Gasteiger charge is 2.25. The molecule has 5 rings (SSSR count). The van der Waals surface area contributed by atoms with Crippen LogP contribution in [0.5, 0.6) is 0 Å². The van der Waals surface area contributed by atoms with Crippen LogP contribution in [0.1, 0.15) is 66.5 Å². The molecule has 7 nitrogen and oxygen atoms in total. The molecule has 0 radical (unpaired) electrons. The zero-order valence-electron chi connectivity index (χ0n) is 24.1. The Kier molecular flexibility index (Phi) is 7.85. The van der Waals surface area contributed by atoms with Gasteiger partial charge in [-0.25, -0.2) is 9.37 Å². The topological polar surface area (TPSA) is 79.3 Å². The fourth-order valence-corrected chi connectivity index (χ4v) is 5.69. The van der Waals surface area contributed by atoms with Gasteiger partial charge in [0.05, 0.1) is 21.6 Å². The van der Waals surface area contributed by atoms with Gasteiger partial charge in [-0.1, -0.05) is 39.5 Å². The van der Waals surface area contributed by atoms with Crippen LogP contribution < -0.4 is 15.5 Å². The lowest BCUT2D eigenvalue weighted by Crippen LogP contribution is -2.37.